The summed E-state index contributed by atoms with van der Waals surface area (Å²) in [5, 5.41) is 8.44. The number of nitrogens with one attached hydrogen (secondary N) is 4. The Bertz CT molecular complexity index is 1350. The molecule has 0 saturated carbocycles. The maximum absolute atomic E-state index is 14.3. The van der Waals surface area contributed by atoms with Crippen LogP contribution in [0.2, 0.25) is 0 Å². The topological polar surface area (TPSA) is 172 Å². The van der Waals surface area contributed by atoms with E-state index in [0.717, 1.165) is 11.1 Å². The molecule has 4 atom stereocenters. The Morgan fingerprint density at radius 3 is 2.34 bits per heavy atom. The summed E-state index contributed by atoms with van der Waals surface area (Å²) < 4.78 is 6.16. The molecule has 0 aliphatic carbocycles. The standard InChI is InChI=1S/C32H41N7O5/c1-22(40)37-27(16-25-18-34-21-36-25)30(41)38-28(15-23-9-4-2-5-10-23)32(43)39-19-26(44-20-24-11-6-3-7-12-24)17-29(39)31(42)35-14-8-13-33/h2-7,9-12,18,21,26-29H,8,13-17,19-20,33H2,1H3,(H,34,36)(H,35,42)(H,37,40)(H,38,41)/t26-,27-,28+,29?/m0/s1. The maximum Gasteiger partial charge on any atom is 0.246 e. The smallest absolute Gasteiger partial charge is 0.246 e. The predicted octanol–water partition coefficient (Wildman–Crippen LogP) is 0.836. The molecule has 2 aromatic carbocycles. The number of nitrogens with zero attached hydrogens (tertiary/aromatic N) is 2. The van der Waals surface area contributed by atoms with Gasteiger partial charge in [-0.2, -0.15) is 0 Å². The first-order valence-corrected chi connectivity index (χ1v) is 14.9. The maximum atomic E-state index is 14.3. The Morgan fingerprint density at radius 1 is 1.00 bits per heavy atom. The Kier molecular flexibility index (Phi) is 12.0. The first-order valence-electron chi connectivity index (χ1n) is 14.9. The Balaban J connectivity index is 1.56. The van der Waals surface area contributed by atoms with Gasteiger partial charge in [-0.15, -0.1) is 0 Å². The lowest BCUT2D eigenvalue weighted by Crippen LogP contribution is -2.57. The highest BCUT2D eigenvalue weighted by Gasteiger charge is 2.42. The molecule has 1 aromatic heterocycles. The van der Waals surface area contributed by atoms with Gasteiger partial charge in [0.25, 0.3) is 0 Å². The first-order chi connectivity index (χ1) is 21.3. The number of carbonyl (C=O) groups excluding carboxylic acids is 4. The summed E-state index contributed by atoms with van der Waals surface area (Å²) in [5.74, 6) is -1.61. The lowest BCUT2D eigenvalue weighted by Gasteiger charge is -2.30. The molecule has 4 rings (SSSR count). The summed E-state index contributed by atoms with van der Waals surface area (Å²) in [6.07, 6.45) is 3.94. The third-order valence-corrected chi connectivity index (χ3v) is 7.43. The zero-order valence-corrected chi connectivity index (χ0v) is 24.9. The number of ether oxygens (including phenoxy) is 1. The van der Waals surface area contributed by atoms with Crippen molar-refractivity contribution in [2.24, 2.45) is 5.73 Å². The van der Waals surface area contributed by atoms with Gasteiger partial charge < -0.3 is 36.3 Å². The molecule has 6 N–H and O–H groups in total. The van der Waals surface area contributed by atoms with E-state index in [4.69, 9.17) is 10.5 Å². The second-order valence-corrected chi connectivity index (χ2v) is 10.9. The first kappa shape index (κ1) is 32.4. The molecule has 44 heavy (non-hydrogen) atoms. The summed E-state index contributed by atoms with van der Waals surface area (Å²) in [5.41, 5.74) is 8.07. The molecular formula is C32H41N7O5. The summed E-state index contributed by atoms with van der Waals surface area (Å²) >= 11 is 0. The molecule has 1 saturated heterocycles. The lowest BCUT2D eigenvalue weighted by molar-refractivity contribution is -0.142. The highest BCUT2D eigenvalue weighted by atomic mass is 16.5. The molecule has 1 fully saturated rings. The molecule has 4 amide bonds. The van der Waals surface area contributed by atoms with Crippen LogP contribution in [0, 0.1) is 0 Å². The number of hydrogen-bond acceptors (Lipinski definition) is 7. The van der Waals surface area contributed by atoms with Gasteiger partial charge in [-0.1, -0.05) is 60.7 Å². The number of benzene rings is 2. The average molecular weight is 604 g/mol. The van der Waals surface area contributed by atoms with Crippen molar-refractivity contribution >= 4 is 23.6 Å². The number of rotatable bonds is 15. The van der Waals surface area contributed by atoms with Gasteiger partial charge in [-0.05, 0) is 24.1 Å². The van der Waals surface area contributed by atoms with Crippen LogP contribution in [0.4, 0.5) is 0 Å². The molecule has 1 aliphatic rings. The Hall–Kier alpha value is -4.55. The number of aromatic amines is 1. The molecule has 3 aromatic rings. The van der Waals surface area contributed by atoms with Crippen LogP contribution in [0.15, 0.2) is 73.2 Å². The van der Waals surface area contributed by atoms with Crippen LogP contribution in [0.25, 0.3) is 0 Å². The number of aromatic nitrogens is 2. The van der Waals surface area contributed by atoms with Crippen molar-refractivity contribution in [1.29, 1.82) is 0 Å². The van der Waals surface area contributed by atoms with Gasteiger partial charge in [0.1, 0.15) is 18.1 Å². The Labute approximate surface area is 257 Å². The van der Waals surface area contributed by atoms with Crippen LogP contribution in [-0.2, 0) is 43.4 Å². The van der Waals surface area contributed by atoms with Crippen molar-refractivity contribution in [1.82, 2.24) is 30.8 Å². The highest BCUT2D eigenvalue weighted by molar-refractivity contribution is 5.94. The van der Waals surface area contributed by atoms with Crippen LogP contribution >= 0.6 is 0 Å². The van der Waals surface area contributed by atoms with Gasteiger partial charge in [0.15, 0.2) is 0 Å². The molecule has 0 bridgehead atoms. The lowest BCUT2D eigenvalue weighted by atomic mass is 10.0. The van der Waals surface area contributed by atoms with Crippen molar-refractivity contribution in [2.45, 2.75) is 63.4 Å². The summed E-state index contributed by atoms with van der Waals surface area (Å²) in [7, 11) is 0. The summed E-state index contributed by atoms with van der Waals surface area (Å²) in [6.45, 7) is 2.67. The minimum absolute atomic E-state index is 0.156. The molecule has 1 aliphatic heterocycles. The van der Waals surface area contributed by atoms with E-state index in [9.17, 15) is 19.2 Å². The van der Waals surface area contributed by atoms with Crippen LogP contribution in [0.5, 0.6) is 0 Å². The number of H-pyrrole nitrogens is 1. The monoisotopic (exact) mass is 603 g/mol. The molecule has 1 unspecified atom stereocenters. The zero-order valence-electron chi connectivity index (χ0n) is 24.9. The fourth-order valence-electron chi connectivity index (χ4n) is 5.22. The van der Waals surface area contributed by atoms with Gasteiger partial charge in [0.05, 0.1) is 19.0 Å². The zero-order chi connectivity index (χ0) is 31.3. The van der Waals surface area contributed by atoms with Crippen LogP contribution in [0.1, 0.15) is 36.6 Å². The normalized spacial score (nSPS) is 17.5. The number of imidazole rings is 1. The largest absolute Gasteiger partial charge is 0.372 e. The molecule has 12 heteroatoms. The molecular weight excluding hydrogens is 562 g/mol. The molecule has 0 spiro atoms. The van der Waals surface area contributed by atoms with Crippen LogP contribution in [0.3, 0.4) is 0 Å². The van der Waals surface area contributed by atoms with Gasteiger partial charge in [0.2, 0.25) is 23.6 Å². The fourth-order valence-corrected chi connectivity index (χ4v) is 5.22. The third kappa shape index (κ3) is 9.48. The van der Waals surface area contributed by atoms with Gasteiger partial charge >= 0.3 is 0 Å². The van der Waals surface area contributed by atoms with Crippen molar-refractivity contribution in [3.63, 3.8) is 0 Å². The Morgan fingerprint density at radius 2 is 1.70 bits per heavy atom. The van der Waals surface area contributed by atoms with Crippen molar-refractivity contribution in [3.05, 3.63) is 90.0 Å². The number of amides is 4. The van der Waals surface area contributed by atoms with E-state index >= 15 is 0 Å². The highest BCUT2D eigenvalue weighted by Crippen LogP contribution is 2.24. The minimum Gasteiger partial charge on any atom is -0.372 e. The number of nitrogens with two attached hydrogens (primary N) is 1. The third-order valence-electron chi connectivity index (χ3n) is 7.43. The van der Waals surface area contributed by atoms with Gasteiger partial charge in [-0.3, -0.25) is 19.2 Å². The number of likely N-dealkylation sites (tertiary alicyclic amines) is 1. The predicted molar refractivity (Wildman–Crippen MR) is 164 cm³/mol. The van der Waals surface area contributed by atoms with E-state index in [1.54, 1.807) is 6.20 Å². The molecule has 0 radical (unpaired) electrons. The second-order valence-electron chi connectivity index (χ2n) is 10.9. The molecule has 234 valence electrons. The SMILES string of the molecule is CC(=O)N[C@@H](Cc1cnc[nH]1)C(=O)N[C@H](Cc1ccccc1)C(=O)N1C[C@@H](OCc2ccccc2)CC1C(=O)NCCCN. The van der Waals surface area contributed by atoms with Gasteiger partial charge in [-0.25, -0.2) is 4.98 Å². The van der Waals surface area contributed by atoms with Crippen molar-refractivity contribution < 1.29 is 23.9 Å². The minimum atomic E-state index is -1.00. The van der Waals surface area contributed by atoms with Crippen LogP contribution in [-0.4, -0.2) is 82.4 Å². The summed E-state index contributed by atoms with van der Waals surface area (Å²) in [4.78, 5) is 61.6. The quantitative estimate of drug-likeness (QED) is 0.160. The van der Waals surface area contributed by atoms with E-state index in [-0.39, 0.29) is 37.3 Å². The number of hydrogen-bond donors (Lipinski definition) is 5. The number of carbonyl (C=O) groups is 4. The van der Waals surface area contributed by atoms with E-state index < -0.39 is 29.9 Å². The second kappa shape index (κ2) is 16.3. The fraction of sp³-hybridized carbons (Fsp3) is 0.406. The van der Waals surface area contributed by atoms with Crippen LogP contribution < -0.4 is 21.7 Å². The molecule has 12 nitrogen and oxygen atoms in total. The van der Waals surface area contributed by atoms with E-state index in [0.29, 0.717) is 38.2 Å². The van der Waals surface area contributed by atoms with E-state index in [1.807, 2.05) is 60.7 Å². The molecule has 2 heterocycles. The summed E-state index contributed by atoms with van der Waals surface area (Å²) in [6, 6.07) is 16.3. The van der Waals surface area contributed by atoms with Crippen molar-refractivity contribution in [3.8, 4) is 0 Å². The van der Waals surface area contributed by atoms with E-state index in [1.165, 1.54) is 18.2 Å². The average Bonchev–Trinajstić information content (AvgIpc) is 3.70. The van der Waals surface area contributed by atoms with Crippen molar-refractivity contribution in [2.75, 3.05) is 19.6 Å². The van der Waals surface area contributed by atoms with E-state index in [2.05, 4.69) is 25.9 Å². The van der Waals surface area contributed by atoms with Gasteiger partial charge in [0, 0.05) is 51.2 Å².